The quantitative estimate of drug-likeness (QED) is 0.824. The highest BCUT2D eigenvalue weighted by Gasteiger charge is 2.52. The lowest BCUT2D eigenvalue weighted by molar-refractivity contribution is -0.141. The van der Waals surface area contributed by atoms with Crippen LogP contribution in [0.2, 0.25) is 0 Å². The molecular weight excluding hydrogens is 322 g/mol. The van der Waals surface area contributed by atoms with Crippen molar-refractivity contribution >= 4 is 13.2 Å². The maximum absolute atomic E-state index is 13.1. The lowest BCUT2D eigenvalue weighted by Crippen LogP contribution is -2.41. The highest BCUT2D eigenvalue weighted by Crippen LogP contribution is 2.39. The fourth-order valence-corrected chi connectivity index (χ4v) is 2.42. The van der Waals surface area contributed by atoms with Crippen LogP contribution in [-0.4, -0.2) is 42.1 Å². The van der Waals surface area contributed by atoms with E-state index in [1.54, 1.807) is 14.0 Å². The molecule has 1 aliphatic heterocycles. The second kappa shape index (κ2) is 6.20. The number of nitrogens with one attached hydrogen (secondary N) is 2. The summed E-state index contributed by atoms with van der Waals surface area (Å²) in [6.07, 6.45) is -3.09. The van der Waals surface area contributed by atoms with Crippen LogP contribution in [0, 0.1) is 6.92 Å². The molecule has 2 N–H and O–H groups in total. The SMILES string of the molecule is CNCC(=Cc1c(C(F)(F)F)n[nH]c1C)B1OC(C)(C)C(C)(C)O1. The van der Waals surface area contributed by atoms with E-state index in [1.807, 2.05) is 27.7 Å². The topological polar surface area (TPSA) is 59.2 Å². The normalized spacial score (nSPS) is 20.7. The van der Waals surface area contributed by atoms with Crippen molar-refractivity contribution in [3.8, 4) is 0 Å². The molecule has 0 bridgehead atoms. The van der Waals surface area contributed by atoms with Crippen LogP contribution in [0.4, 0.5) is 13.2 Å². The first-order valence-corrected chi connectivity index (χ1v) is 7.72. The molecule has 2 rings (SSSR count). The predicted molar refractivity (Wildman–Crippen MR) is 86.3 cm³/mol. The first kappa shape index (κ1) is 19.0. The zero-order chi connectivity index (χ0) is 18.3. The summed E-state index contributed by atoms with van der Waals surface area (Å²) in [5.74, 6) is 0. The number of nitrogens with zero attached hydrogens (tertiary/aromatic N) is 1. The summed E-state index contributed by atoms with van der Waals surface area (Å²) >= 11 is 0. The van der Waals surface area contributed by atoms with Gasteiger partial charge in [0.1, 0.15) is 0 Å². The first-order chi connectivity index (χ1) is 10.9. The van der Waals surface area contributed by atoms with Crippen LogP contribution in [0.25, 0.3) is 6.08 Å². The number of aromatic amines is 1. The number of aromatic nitrogens is 2. The van der Waals surface area contributed by atoms with Gasteiger partial charge in [-0.3, -0.25) is 5.10 Å². The minimum atomic E-state index is -4.53. The van der Waals surface area contributed by atoms with Crippen LogP contribution >= 0.6 is 0 Å². The van der Waals surface area contributed by atoms with E-state index >= 15 is 0 Å². The van der Waals surface area contributed by atoms with E-state index < -0.39 is 30.2 Å². The molecule has 134 valence electrons. The zero-order valence-corrected chi connectivity index (χ0v) is 14.8. The summed E-state index contributed by atoms with van der Waals surface area (Å²) in [6, 6.07) is 0. The van der Waals surface area contributed by atoms with Gasteiger partial charge in [0.15, 0.2) is 5.69 Å². The Morgan fingerprint density at radius 1 is 1.25 bits per heavy atom. The Morgan fingerprint density at radius 3 is 2.25 bits per heavy atom. The molecule has 0 unspecified atom stereocenters. The molecule has 9 heteroatoms. The summed E-state index contributed by atoms with van der Waals surface area (Å²) in [5, 5.41) is 8.73. The molecule has 1 aromatic heterocycles. The molecule has 1 fully saturated rings. The summed E-state index contributed by atoms with van der Waals surface area (Å²) in [7, 11) is 0.990. The highest BCUT2D eigenvalue weighted by atomic mass is 19.4. The van der Waals surface area contributed by atoms with E-state index in [9.17, 15) is 13.2 Å². The van der Waals surface area contributed by atoms with Crippen molar-refractivity contribution < 1.29 is 22.5 Å². The standard InChI is InChI=1S/C15H23BF3N3O2/c1-9-11(12(22-21-9)15(17,18)19)7-10(8-20-6)16-23-13(2,3)14(4,5)24-16/h7,20H,8H2,1-6H3,(H,21,22). The monoisotopic (exact) mass is 345 g/mol. The van der Waals surface area contributed by atoms with Gasteiger partial charge in [-0.2, -0.15) is 18.3 Å². The minimum Gasteiger partial charge on any atom is -0.400 e. The number of hydrogen-bond acceptors (Lipinski definition) is 4. The van der Waals surface area contributed by atoms with Crippen molar-refractivity contribution in [2.45, 2.75) is 52.0 Å². The number of rotatable bonds is 4. The van der Waals surface area contributed by atoms with E-state index in [0.29, 0.717) is 17.7 Å². The smallest absolute Gasteiger partial charge is 0.400 e. The van der Waals surface area contributed by atoms with Crippen molar-refractivity contribution in [2.75, 3.05) is 13.6 Å². The van der Waals surface area contributed by atoms with Crippen LogP contribution in [0.5, 0.6) is 0 Å². The van der Waals surface area contributed by atoms with Crippen LogP contribution in [0.3, 0.4) is 0 Å². The average Bonchev–Trinajstić information content (AvgIpc) is 2.87. The third kappa shape index (κ3) is 3.53. The fraction of sp³-hybridized carbons (Fsp3) is 0.667. The summed E-state index contributed by atoms with van der Waals surface area (Å²) in [6.45, 7) is 9.47. The maximum atomic E-state index is 13.1. The van der Waals surface area contributed by atoms with E-state index in [-0.39, 0.29) is 5.56 Å². The van der Waals surface area contributed by atoms with Crippen molar-refractivity contribution in [3.63, 3.8) is 0 Å². The second-order valence-electron chi connectivity index (χ2n) is 6.95. The van der Waals surface area contributed by atoms with Gasteiger partial charge in [0.2, 0.25) is 0 Å². The van der Waals surface area contributed by atoms with Gasteiger partial charge in [0.05, 0.1) is 11.2 Å². The molecule has 1 saturated heterocycles. The molecule has 2 heterocycles. The summed E-state index contributed by atoms with van der Waals surface area (Å²) < 4.78 is 51.3. The number of alkyl halides is 3. The predicted octanol–water partition coefficient (Wildman–Crippen LogP) is 2.97. The minimum absolute atomic E-state index is 0.00228. The Bertz CT molecular complexity index is 622. The van der Waals surface area contributed by atoms with Crippen LogP contribution in [-0.2, 0) is 15.5 Å². The highest BCUT2D eigenvalue weighted by molar-refractivity contribution is 6.56. The molecule has 0 spiro atoms. The van der Waals surface area contributed by atoms with Gasteiger partial charge in [-0.05, 0) is 47.1 Å². The Morgan fingerprint density at radius 2 is 1.79 bits per heavy atom. The van der Waals surface area contributed by atoms with Gasteiger partial charge in [-0.1, -0.05) is 6.08 Å². The third-order valence-electron chi connectivity index (χ3n) is 4.53. The molecule has 24 heavy (non-hydrogen) atoms. The summed E-state index contributed by atoms with van der Waals surface area (Å²) in [5.41, 5.74) is -1.16. The first-order valence-electron chi connectivity index (χ1n) is 7.72. The van der Waals surface area contributed by atoms with E-state index in [1.165, 1.54) is 6.08 Å². The number of H-pyrrole nitrogens is 1. The molecule has 1 aromatic rings. The van der Waals surface area contributed by atoms with Crippen LogP contribution in [0.1, 0.15) is 44.6 Å². The van der Waals surface area contributed by atoms with E-state index in [2.05, 4.69) is 15.5 Å². The van der Waals surface area contributed by atoms with Crippen molar-refractivity contribution in [1.82, 2.24) is 15.5 Å². The van der Waals surface area contributed by atoms with Gasteiger partial charge in [-0.15, -0.1) is 0 Å². The van der Waals surface area contributed by atoms with Crippen molar-refractivity contribution in [2.24, 2.45) is 0 Å². The Kier molecular flexibility index (Phi) is 4.91. The maximum Gasteiger partial charge on any atom is 0.491 e. The molecule has 5 nitrogen and oxygen atoms in total. The molecule has 0 atom stereocenters. The Labute approximate surface area is 140 Å². The van der Waals surface area contributed by atoms with Crippen LogP contribution in [0.15, 0.2) is 5.47 Å². The molecular formula is C15H23BF3N3O2. The number of likely N-dealkylation sites (N-methyl/N-ethyl adjacent to an activating group) is 1. The van der Waals surface area contributed by atoms with Crippen LogP contribution < -0.4 is 5.32 Å². The van der Waals surface area contributed by atoms with Crippen molar-refractivity contribution in [3.05, 3.63) is 22.4 Å². The lowest BCUT2D eigenvalue weighted by atomic mass is 9.76. The van der Waals surface area contributed by atoms with Gasteiger partial charge < -0.3 is 14.6 Å². The fourth-order valence-electron chi connectivity index (χ4n) is 2.42. The largest absolute Gasteiger partial charge is 0.491 e. The van der Waals surface area contributed by atoms with E-state index in [4.69, 9.17) is 9.31 Å². The average molecular weight is 345 g/mol. The lowest BCUT2D eigenvalue weighted by Gasteiger charge is -2.32. The van der Waals surface area contributed by atoms with Gasteiger partial charge in [0, 0.05) is 17.8 Å². The zero-order valence-electron chi connectivity index (χ0n) is 14.8. The molecule has 0 radical (unpaired) electrons. The Balaban J connectivity index is 2.43. The second-order valence-corrected chi connectivity index (χ2v) is 6.95. The van der Waals surface area contributed by atoms with Gasteiger partial charge in [-0.25, -0.2) is 0 Å². The van der Waals surface area contributed by atoms with Gasteiger partial charge in [0.25, 0.3) is 0 Å². The van der Waals surface area contributed by atoms with E-state index in [0.717, 1.165) is 0 Å². The van der Waals surface area contributed by atoms with Gasteiger partial charge >= 0.3 is 13.3 Å². The molecule has 0 aliphatic carbocycles. The number of halogens is 3. The molecule has 0 aromatic carbocycles. The summed E-state index contributed by atoms with van der Waals surface area (Å²) in [4.78, 5) is 0. The Hall–Kier alpha value is -1.32. The molecule has 1 aliphatic rings. The third-order valence-corrected chi connectivity index (χ3v) is 4.53. The molecule has 0 amide bonds. The number of aryl methyl sites for hydroxylation is 1. The van der Waals surface area contributed by atoms with Crippen molar-refractivity contribution in [1.29, 1.82) is 0 Å². The molecule has 0 saturated carbocycles. The number of hydrogen-bond donors (Lipinski definition) is 2.